The molecular formula is C17H35N. The molecule has 0 aromatic rings. The number of hydrogen-bond donors (Lipinski definition) is 1. The van der Waals surface area contributed by atoms with Gasteiger partial charge in [0, 0.05) is 5.54 Å². The van der Waals surface area contributed by atoms with Gasteiger partial charge in [-0.05, 0) is 31.7 Å². The molecule has 108 valence electrons. The van der Waals surface area contributed by atoms with Gasteiger partial charge in [-0.15, -0.1) is 0 Å². The fourth-order valence-corrected chi connectivity index (χ4v) is 3.40. The molecule has 1 atom stereocenters. The molecule has 1 heteroatoms. The van der Waals surface area contributed by atoms with Crippen molar-refractivity contribution in [3.63, 3.8) is 0 Å². The van der Waals surface area contributed by atoms with E-state index in [2.05, 4.69) is 26.1 Å². The van der Waals surface area contributed by atoms with E-state index >= 15 is 0 Å². The molecule has 1 saturated heterocycles. The zero-order valence-electron chi connectivity index (χ0n) is 13.1. The number of nitrogens with one attached hydrogen (secondary N) is 1. The highest BCUT2D eigenvalue weighted by Crippen LogP contribution is 2.32. The number of hydrogen-bond acceptors (Lipinski definition) is 1. The maximum Gasteiger partial charge on any atom is 0.0204 e. The fourth-order valence-electron chi connectivity index (χ4n) is 3.40. The summed E-state index contributed by atoms with van der Waals surface area (Å²) in [5, 5.41) is 3.79. The summed E-state index contributed by atoms with van der Waals surface area (Å²) in [7, 11) is 0. The lowest BCUT2D eigenvalue weighted by atomic mass is 9.80. The molecule has 0 spiro atoms. The molecule has 1 aliphatic rings. The van der Waals surface area contributed by atoms with Crippen LogP contribution in [-0.4, -0.2) is 12.1 Å². The summed E-state index contributed by atoms with van der Waals surface area (Å²) in [4.78, 5) is 0. The molecule has 1 rings (SSSR count). The Morgan fingerprint density at radius 1 is 0.944 bits per heavy atom. The van der Waals surface area contributed by atoms with E-state index in [-0.39, 0.29) is 0 Å². The largest absolute Gasteiger partial charge is 0.311 e. The Morgan fingerprint density at radius 2 is 1.56 bits per heavy atom. The second kappa shape index (κ2) is 8.96. The molecule has 0 aliphatic carbocycles. The molecule has 0 aromatic carbocycles. The van der Waals surface area contributed by atoms with Gasteiger partial charge in [0.25, 0.3) is 0 Å². The molecule has 1 N–H and O–H groups in total. The molecule has 0 amide bonds. The molecule has 0 aromatic heterocycles. The summed E-state index contributed by atoms with van der Waals surface area (Å²) >= 11 is 0. The van der Waals surface area contributed by atoms with E-state index in [1.165, 1.54) is 77.2 Å². The van der Waals surface area contributed by atoms with Crippen LogP contribution in [0.2, 0.25) is 0 Å². The van der Waals surface area contributed by atoms with Crippen molar-refractivity contribution in [2.45, 2.75) is 96.9 Å². The Balaban J connectivity index is 2.02. The quantitative estimate of drug-likeness (QED) is 0.521. The third-order valence-electron chi connectivity index (χ3n) is 4.86. The van der Waals surface area contributed by atoms with Crippen molar-refractivity contribution in [3.8, 4) is 0 Å². The van der Waals surface area contributed by atoms with Crippen molar-refractivity contribution in [2.24, 2.45) is 5.92 Å². The Bertz CT molecular complexity index is 192. The Hall–Kier alpha value is -0.0400. The van der Waals surface area contributed by atoms with Gasteiger partial charge in [0.1, 0.15) is 0 Å². The first kappa shape index (κ1) is 16.0. The van der Waals surface area contributed by atoms with Gasteiger partial charge in [0.15, 0.2) is 0 Å². The molecule has 0 bridgehead atoms. The third kappa shape index (κ3) is 5.30. The van der Waals surface area contributed by atoms with Crippen LogP contribution >= 0.6 is 0 Å². The van der Waals surface area contributed by atoms with E-state index in [9.17, 15) is 0 Å². The van der Waals surface area contributed by atoms with Crippen molar-refractivity contribution in [1.82, 2.24) is 5.32 Å². The highest BCUT2D eigenvalue weighted by Gasteiger charge is 2.35. The zero-order chi connectivity index (χ0) is 13.3. The van der Waals surface area contributed by atoms with Gasteiger partial charge in [-0.2, -0.15) is 0 Å². The lowest BCUT2D eigenvalue weighted by Crippen LogP contribution is -2.44. The number of unbranched alkanes of at least 4 members (excludes halogenated alkanes) is 7. The predicted octanol–water partition coefficient (Wildman–Crippen LogP) is 5.30. The molecule has 1 nitrogen and oxygen atoms in total. The highest BCUT2D eigenvalue weighted by atomic mass is 15.0. The predicted molar refractivity (Wildman–Crippen MR) is 82.0 cm³/mol. The second-order valence-corrected chi connectivity index (χ2v) is 6.57. The van der Waals surface area contributed by atoms with Crippen molar-refractivity contribution in [1.29, 1.82) is 0 Å². The van der Waals surface area contributed by atoms with E-state index in [1.54, 1.807) is 0 Å². The van der Waals surface area contributed by atoms with E-state index in [1.807, 2.05) is 0 Å². The van der Waals surface area contributed by atoms with Crippen LogP contribution in [0.15, 0.2) is 0 Å². The van der Waals surface area contributed by atoms with Crippen LogP contribution in [0.5, 0.6) is 0 Å². The van der Waals surface area contributed by atoms with Gasteiger partial charge in [-0.3, -0.25) is 0 Å². The van der Waals surface area contributed by atoms with Gasteiger partial charge in [0.2, 0.25) is 0 Å². The molecule has 1 heterocycles. The van der Waals surface area contributed by atoms with Crippen molar-refractivity contribution in [2.75, 3.05) is 6.54 Å². The standard InChI is InChI=1S/C17H35N/c1-4-5-6-7-8-9-10-11-13-17(16(2)3)14-12-15-18-17/h16,18H,4-15H2,1-3H3. The molecule has 1 fully saturated rings. The van der Waals surface area contributed by atoms with Gasteiger partial charge in [-0.25, -0.2) is 0 Å². The maximum absolute atomic E-state index is 3.79. The van der Waals surface area contributed by atoms with Crippen LogP contribution in [0.4, 0.5) is 0 Å². The van der Waals surface area contributed by atoms with Crippen molar-refractivity contribution < 1.29 is 0 Å². The first-order valence-corrected chi connectivity index (χ1v) is 8.46. The van der Waals surface area contributed by atoms with Crippen LogP contribution < -0.4 is 5.32 Å². The van der Waals surface area contributed by atoms with Crippen molar-refractivity contribution in [3.05, 3.63) is 0 Å². The second-order valence-electron chi connectivity index (χ2n) is 6.57. The minimum absolute atomic E-state index is 0.488. The minimum atomic E-state index is 0.488. The lowest BCUT2D eigenvalue weighted by molar-refractivity contribution is 0.243. The van der Waals surface area contributed by atoms with Gasteiger partial charge < -0.3 is 5.32 Å². The molecule has 0 radical (unpaired) electrons. The van der Waals surface area contributed by atoms with Gasteiger partial charge in [0.05, 0.1) is 0 Å². The monoisotopic (exact) mass is 253 g/mol. The third-order valence-corrected chi connectivity index (χ3v) is 4.86. The van der Waals surface area contributed by atoms with Crippen LogP contribution in [0.1, 0.15) is 91.4 Å². The topological polar surface area (TPSA) is 12.0 Å². The van der Waals surface area contributed by atoms with Gasteiger partial charge >= 0.3 is 0 Å². The van der Waals surface area contributed by atoms with Crippen LogP contribution in [0, 0.1) is 5.92 Å². The first-order chi connectivity index (χ1) is 8.71. The maximum atomic E-state index is 3.79. The summed E-state index contributed by atoms with van der Waals surface area (Å²) in [6.45, 7) is 8.32. The van der Waals surface area contributed by atoms with Crippen LogP contribution in [0.25, 0.3) is 0 Å². The fraction of sp³-hybridized carbons (Fsp3) is 1.00. The summed E-state index contributed by atoms with van der Waals surface area (Å²) in [5.41, 5.74) is 0.488. The molecule has 0 saturated carbocycles. The normalized spacial score (nSPS) is 24.0. The van der Waals surface area contributed by atoms with E-state index < -0.39 is 0 Å². The summed E-state index contributed by atoms with van der Waals surface area (Å²) in [5.74, 6) is 0.796. The first-order valence-electron chi connectivity index (χ1n) is 8.46. The summed E-state index contributed by atoms with van der Waals surface area (Å²) < 4.78 is 0. The SMILES string of the molecule is CCCCCCCCCCC1(C(C)C)CCCN1. The molecule has 1 unspecified atom stereocenters. The molecule has 18 heavy (non-hydrogen) atoms. The van der Waals surface area contributed by atoms with Crippen LogP contribution in [-0.2, 0) is 0 Å². The molecular weight excluding hydrogens is 218 g/mol. The average Bonchev–Trinajstić information content (AvgIpc) is 2.83. The van der Waals surface area contributed by atoms with Crippen molar-refractivity contribution >= 4 is 0 Å². The molecule has 1 aliphatic heterocycles. The highest BCUT2D eigenvalue weighted by molar-refractivity contribution is 4.95. The Kier molecular flexibility index (Phi) is 7.97. The zero-order valence-corrected chi connectivity index (χ0v) is 13.1. The Labute approximate surface area is 115 Å². The number of rotatable bonds is 10. The Morgan fingerprint density at radius 3 is 2.06 bits per heavy atom. The van der Waals surface area contributed by atoms with E-state index in [0.717, 1.165) is 5.92 Å². The summed E-state index contributed by atoms with van der Waals surface area (Å²) in [6.07, 6.45) is 15.7. The summed E-state index contributed by atoms with van der Waals surface area (Å²) in [6, 6.07) is 0. The minimum Gasteiger partial charge on any atom is -0.311 e. The van der Waals surface area contributed by atoms with Crippen LogP contribution in [0.3, 0.4) is 0 Å². The average molecular weight is 253 g/mol. The van der Waals surface area contributed by atoms with E-state index in [4.69, 9.17) is 0 Å². The van der Waals surface area contributed by atoms with E-state index in [0.29, 0.717) is 5.54 Å². The lowest BCUT2D eigenvalue weighted by Gasteiger charge is -2.34. The smallest absolute Gasteiger partial charge is 0.0204 e. The van der Waals surface area contributed by atoms with Gasteiger partial charge in [-0.1, -0.05) is 72.1 Å².